The van der Waals surface area contributed by atoms with E-state index in [0.29, 0.717) is 6.04 Å². The Balaban J connectivity index is 2.14. The van der Waals surface area contributed by atoms with E-state index in [1.165, 1.54) is 24.0 Å². The van der Waals surface area contributed by atoms with Gasteiger partial charge in [0.15, 0.2) is 6.29 Å². The van der Waals surface area contributed by atoms with E-state index >= 15 is 0 Å². The smallest absolute Gasteiger partial charge is 0.150 e. The largest absolute Gasteiger partial charge is 0.366 e. The molecule has 0 bridgehead atoms. The van der Waals surface area contributed by atoms with Crippen LogP contribution in [0, 0.1) is 0 Å². The predicted octanol–water partition coefficient (Wildman–Crippen LogP) is 5.17. The van der Waals surface area contributed by atoms with Crippen molar-refractivity contribution in [2.45, 2.75) is 78.7 Å². The molecule has 1 aromatic carbocycles. The molecule has 2 aromatic rings. The highest BCUT2D eigenvalue weighted by Gasteiger charge is 2.20. The van der Waals surface area contributed by atoms with Crippen molar-refractivity contribution in [2.75, 3.05) is 5.32 Å². The molecule has 3 rings (SSSR count). The van der Waals surface area contributed by atoms with Crippen LogP contribution in [0.2, 0.25) is 0 Å². The summed E-state index contributed by atoms with van der Waals surface area (Å²) >= 11 is 0. The SMILES string of the molecule is CCc1nc(-c2cc3c(cc2C=O)CCCC3)c(CC)nc1NC(C)CC. The van der Waals surface area contributed by atoms with Gasteiger partial charge in [-0.1, -0.05) is 20.8 Å². The van der Waals surface area contributed by atoms with Gasteiger partial charge in [-0.05, 0) is 75.1 Å². The quantitative estimate of drug-likeness (QED) is 0.688. The Hall–Kier alpha value is -2.23. The average molecular weight is 366 g/mol. The molecular formula is C23H31N3O. The van der Waals surface area contributed by atoms with Crippen LogP contribution in [-0.4, -0.2) is 22.3 Å². The van der Waals surface area contributed by atoms with Gasteiger partial charge in [-0.2, -0.15) is 0 Å². The number of benzene rings is 1. The summed E-state index contributed by atoms with van der Waals surface area (Å²) in [4.78, 5) is 21.7. The van der Waals surface area contributed by atoms with Crippen LogP contribution >= 0.6 is 0 Å². The monoisotopic (exact) mass is 365 g/mol. The van der Waals surface area contributed by atoms with Crippen LogP contribution in [0.1, 0.15) is 79.8 Å². The molecule has 1 heterocycles. The number of anilines is 1. The molecule has 0 saturated carbocycles. The van der Waals surface area contributed by atoms with Crippen molar-refractivity contribution in [3.63, 3.8) is 0 Å². The summed E-state index contributed by atoms with van der Waals surface area (Å²) in [7, 11) is 0. The second kappa shape index (κ2) is 8.64. The minimum absolute atomic E-state index is 0.356. The van der Waals surface area contributed by atoms with Gasteiger partial charge in [0.1, 0.15) is 5.82 Å². The third kappa shape index (κ3) is 4.05. The van der Waals surface area contributed by atoms with Crippen molar-refractivity contribution >= 4 is 12.1 Å². The van der Waals surface area contributed by atoms with Crippen molar-refractivity contribution in [3.05, 3.63) is 40.2 Å². The molecule has 144 valence electrons. The normalized spacial score (nSPS) is 14.5. The number of carbonyl (C=O) groups is 1. The van der Waals surface area contributed by atoms with E-state index in [1.54, 1.807) is 0 Å². The molecule has 0 amide bonds. The van der Waals surface area contributed by atoms with Crippen LogP contribution in [0.25, 0.3) is 11.3 Å². The lowest BCUT2D eigenvalue weighted by Gasteiger charge is -2.21. The molecule has 27 heavy (non-hydrogen) atoms. The number of nitrogens with zero attached hydrogens (tertiary/aromatic N) is 2. The van der Waals surface area contributed by atoms with Gasteiger partial charge in [0.05, 0.1) is 17.1 Å². The van der Waals surface area contributed by atoms with Crippen LogP contribution in [0.3, 0.4) is 0 Å². The number of carbonyl (C=O) groups excluding carboxylic acids is 1. The lowest BCUT2D eigenvalue weighted by Crippen LogP contribution is -2.18. The Morgan fingerprint density at radius 3 is 2.30 bits per heavy atom. The first-order chi connectivity index (χ1) is 13.1. The summed E-state index contributed by atoms with van der Waals surface area (Å²) in [6.07, 6.45) is 8.20. The Labute approximate surface area is 162 Å². The maximum absolute atomic E-state index is 11.8. The zero-order valence-corrected chi connectivity index (χ0v) is 17.1. The predicted molar refractivity (Wildman–Crippen MR) is 112 cm³/mol. The topological polar surface area (TPSA) is 54.9 Å². The minimum atomic E-state index is 0.356. The number of aryl methyl sites for hydroxylation is 4. The summed E-state index contributed by atoms with van der Waals surface area (Å²) in [5.74, 6) is 0.887. The fraction of sp³-hybridized carbons (Fsp3) is 0.522. The number of aromatic nitrogens is 2. The van der Waals surface area contributed by atoms with Crippen LogP contribution in [0.15, 0.2) is 12.1 Å². The van der Waals surface area contributed by atoms with E-state index < -0.39 is 0 Å². The molecule has 0 radical (unpaired) electrons. The lowest BCUT2D eigenvalue weighted by molar-refractivity contribution is 0.112. The van der Waals surface area contributed by atoms with E-state index in [4.69, 9.17) is 9.97 Å². The van der Waals surface area contributed by atoms with Gasteiger partial charge in [0.2, 0.25) is 0 Å². The van der Waals surface area contributed by atoms with E-state index in [1.807, 2.05) is 0 Å². The molecule has 0 fully saturated rings. The molecule has 4 heteroatoms. The Morgan fingerprint density at radius 2 is 1.70 bits per heavy atom. The van der Waals surface area contributed by atoms with Gasteiger partial charge < -0.3 is 5.32 Å². The number of nitrogens with one attached hydrogen (secondary N) is 1. The molecular weight excluding hydrogens is 334 g/mol. The maximum Gasteiger partial charge on any atom is 0.150 e. The van der Waals surface area contributed by atoms with E-state index in [9.17, 15) is 4.79 Å². The molecule has 1 N–H and O–H groups in total. The maximum atomic E-state index is 11.8. The Bertz CT molecular complexity index is 829. The third-order valence-corrected chi connectivity index (χ3v) is 5.60. The van der Waals surface area contributed by atoms with Crippen molar-refractivity contribution in [1.29, 1.82) is 0 Å². The summed E-state index contributed by atoms with van der Waals surface area (Å²) in [6, 6.07) is 4.63. The van der Waals surface area contributed by atoms with Gasteiger partial charge in [-0.25, -0.2) is 9.97 Å². The summed E-state index contributed by atoms with van der Waals surface area (Å²) < 4.78 is 0. The second-order valence-corrected chi connectivity index (χ2v) is 7.51. The van der Waals surface area contributed by atoms with Crippen molar-refractivity contribution in [1.82, 2.24) is 9.97 Å². The highest BCUT2D eigenvalue weighted by molar-refractivity contribution is 5.88. The van der Waals surface area contributed by atoms with E-state index in [-0.39, 0.29) is 0 Å². The standard InChI is InChI=1S/C23H31N3O/c1-5-15(4)24-23-21(7-3)25-22(20(6-2)26-23)19-13-17-11-9-8-10-16(17)12-18(19)14-27/h12-15H,5-11H2,1-4H3,(H,24,26). The van der Waals surface area contributed by atoms with Gasteiger partial charge in [0.25, 0.3) is 0 Å². The van der Waals surface area contributed by atoms with Crippen molar-refractivity contribution in [2.24, 2.45) is 0 Å². The fourth-order valence-corrected chi connectivity index (χ4v) is 3.77. The van der Waals surface area contributed by atoms with E-state index in [2.05, 4.69) is 45.1 Å². The molecule has 1 atom stereocenters. The molecule has 1 aliphatic carbocycles. The molecule has 1 aliphatic rings. The molecule has 1 unspecified atom stereocenters. The first-order valence-corrected chi connectivity index (χ1v) is 10.4. The van der Waals surface area contributed by atoms with Crippen LogP contribution < -0.4 is 5.32 Å². The first-order valence-electron chi connectivity index (χ1n) is 10.4. The van der Waals surface area contributed by atoms with Gasteiger partial charge >= 0.3 is 0 Å². The zero-order chi connectivity index (χ0) is 19.4. The first kappa shape index (κ1) is 19.5. The molecule has 0 saturated heterocycles. The Morgan fingerprint density at radius 1 is 1.04 bits per heavy atom. The number of aldehydes is 1. The summed E-state index contributed by atoms with van der Waals surface area (Å²) in [5, 5.41) is 3.50. The van der Waals surface area contributed by atoms with Crippen molar-refractivity contribution in [3.8, 4) is 11.3 Å². The number of fused-ring (bicyclic) bond motifs is 1. The van der Waals surface area contributed by atoms with Crippen LogP contribution in [0.5, 0.6) is 0 Å². The lowest BCUT2D eigenvalue weighted by atomic mass is 9.87. The summed E-state index contributed by atoms with van der Waals surface area (Å²) in [6.45, 7) is 8.53. The third-order valence-electron chi connectivity index (χ3n) is 5.60. The van der Waals surface area contributed by atoms with Crippen LogP contribution in [-0.2, 0) is 25.7 Å². The molecule has 0 aliphatic heterocycles. The highest BCUT2D eigenvalue weighted by atomic mass is 16.1. The number of hydrogen-bond acceptors (Lipinski definition) is 4. The van der Waals surface area contributed by atoms with Crippen LogP contribution in [0.4, 0.5) is 5.82 Å². The minimum Gasteiger partial charge on any atom is -0.366 e. The van der Waals surface area contributed by atoms with Crippen molar-refractivity contribution < 1.29 is 4.79 Å². The molecule has 1 aromatic heterocycles. The van der Waals surface area contributed by atoms with Gasteiger partial charge in [-0.15, -0.1) is 0 Å². The van der Waals surface area contributed by atoms with E-state index in [0.717, 1.165) is 72.4 Å². The van der Waals surface area contributed by atoms with Gasteiger partial charge in [-0.3, -0.25) is 4.79 Å². The molecule has 0 spiro atoms. The number of hydrogen-bond donors (Lipinski definition) is 1. The Kier molecular flexibility index (Phi) is 6.25. The second-order valence-electron chi connectivity index (χ2n) is 7.51. The number of rotatable bonds is 7. The fourth-order valence-electron chi connectivity index (χ4n) is 3.77. The zero-order valence-electron chi connectivity index (χ0n) is 17.1. The molecule has 4 nitrogen and oxygen atoms in total. The summed E-state index contributed by atoms with van der Waals surface area (Å²) in [5.41, 5.74) is 7.17. The average Bonchev–Trinajstić information content (AvgIpc) is 2.72. The highest BCUT2D eigenvalue weighted by Crippen LogP contribution is 2.32. The van der Waals surface area contributed by atoms with Gasteiger partial charge in [0, 0.05) is 17.2 Å².